The molecule has 0 atom stereocenters. The van der Waals surface area contributed by atoms with Crippen molar-refractivity contribution in [2.45, 2.75) is 34.6 Å². The normalized spacial score (nSPS) is 11.8. The molecule has 0 saturated carbocycles. The van der Waals surface area contributed by atoms with E-state index < -0.39 is 5.41 Å². The first-order chi connectivity index (χ1) is 11.6. The van der Waals surface area contributed by atoms with Crippen molar-refractivity contribution in [3.05, 3.63) is 33.8 Å². The Hall–Kier alpha value is -2.05. The Balaban J connectivity index is 2.18. The highest BCUT2D eigenvalue weighted by molar-refractivity contribution is 7.18. The van der Waals surface area contributed by atoms with E-state index in [1.165, 1.54) is 11.3 Å². The van der Waals surface area contributed by atoms with Crippen molar-refractivity contribution in [2.24, 2.45) is 5.41 Å². The highest BCUT2D eigenvalue weighted by atomic mass is 35.5. The van der Waals surface area contributed by atoms with Crippen LogP contribution in [0.15, 0.2) is 18.2 Å². The van der Waals surface area contributed by atoms with Crippen molar-refractivity contribution in [3.63, 3.8) is 0 Å². The number of rotatable bonds is 2. The van der Waals surface area contributed by atoms with E-state index >= 15 is 0 Å². The van der Waals surface area contributed by atoms with E-state index in [9.17, 15) is 4.79 Å². The second-order valence-corrected chi connectivity index (χ2v) is 8.56. The number of aromatic nitrogens is 3. The molecule has 3 aromatic rings. The zero-order valence-corrected chi connectivity index (χ0v) is 16.3. The third kappa shape index (κ3) is 3.65. The van der Waals surface area contributed by atoms with Crippen molar-refractivity contribution in [3.8, 4) is 11.3 Å². The Labute approximate surface area is 155 Å². The molecule has 25 heavy (non-hydrogen) atoms. The fourth-order valence-corrected chi connectivity index (χ4v) is 3.38. The van der Waals surface area contributed by atoms with Crippen LogP contribution in [0.25, 0.3) is 21.6 Å². The summed E-state index contributed by atoms with van der Waals surface area (Å²) in [6.07, 6.45) is 0. The van der Waals surface area contributed by atoms with Crippen molar-refractivity contribution in [2.75, 3.05) is 5.32 Å². The summed E-state index contributed by atoms with van der Waals surface area (Å²) in [4.78, 5) is 26.6. The molecule has 0 unspecified atom stereocenters. The minimum Gasteiger partial charge on any atom is -0.294 e. The van der Waals surface area contributed by atoms with Crippen molar-refractivity contribution in [1.29, 1.82) is 0 Å². The van der Waals surface area contributed by atoms with Gasteiger partial charge < -0.3 is 0 Å². The predicted molar refractivity (Wildman–Crippen MR) is 103 cm³/mol. The van der Waals surface area contributed by atoms with Crippen LogP contribution in [0, 0.1) is 19.3 Å². The quantitative estimate of drug-likeness (QED) is 0.684. The van der Waals surface area contributed by atoms with Crippen LogP contribution in [0.3, 0.4) is 0 Å². The number of fused-ring (bicyclic) bond motifs is 1. The zero-order chi connectivity index (χ0) is 18.4. The fraction of sp³-hybridized carbons (Fsp3) is 0.333. The minimum atomic E-state index is -0.538. The second-order valence-electron chi connectivity index (χ2n) is 6.97. The molecular weight excluding hydrogens is 356 g/mol. The number of hydrogen-bond acceptors (Lipinski definition) is 5. The first-order valence-electron chi connectivity index (χ1n) is 7.88. The van der Waals surface area contributed by atoms with Gasteiger partial charge in [-0.15, -0.1) is 0 Å². The van der Waals surface area contributed by atoms with Crippen LogP contribution in [0.4, 0.5) is 5.95 Å². The molecule has 7 heteroatoms. The zero-order valence-electron chi connectivity index (χ0n) is 14.8. The van der Waals surface area contributed by atoms with Gasteiger partial charge in [0.05, 0.1) is 10.0 Å². The smallest absolute Gasteiger partial charge is 0.232 e. The van der Waals surface area contributed by atoms with E-state index in [-0.39, 0.29) is 11.9 Å². The second kappa shape index (κ2) is 6.35. The Bertz CT molecular complexity index is 975. The molecule has 1 aromatic carbocycles. The molecule has 0 spiro atoms. The Kier molecular flexibility index (Phi) is 4.51. The SMILES string of the molecule is Cc1ccc(-c2nc(NC(=O)C(C)(C)C)nc3sc(C)nc23)c(Cl)c1. The van der Waals surface area contributed by atoms with E-state index in [1.54, 1.807) is 0 Å². The average Bonchev–Trinajstić information content (AvgIpc) is 2.86. The number of anilines is 1. The van der Waals surface area contributed by atoms with Gasteiger partial charge in [0.1, 0.15) is 16.0 Å². The van der Waals surface area contributed by atoms with Crippen molar-refractivity contribution >= 4 is 45.1 Å². The number of amides is 1. The van der Waals surface area contributed by atoms with E-state index in [0.717, 1.165) is 21.0 Å². The van der Waals surface area contributed by atoms with Crippen LogP contribution in [0.5, 0.6) is 0 Å². The number of nitrogens with one attached hydrogen (secondary N) is 1. The molecule has 0 fully saturated rings. The van der Waals surface area contributed by atoms with Gasteiger partial charge in [0, 0.05) is 11.0 Å². The van der Waals surface area contributed by atoms with Crippen molar-refractivity contribution < 1.29 is 4.79 Å². The third-order valence-corrected chi connectivity index (χ3v) is 4.83. The van der Waals surface area contributed by atoms with E-state index in [1.807, 2.05) is 52.8 Å². The number of benzene rings is 1. The van der Waals surface area contributed by atoms with E-state index in [0.29, 0.717) is 16.2 Å². The molecule has 1 amide bonds. The lowest BCUT2D eigenvalue weighted by Gasteiger charge is -2.17. The van der Waals surface area contributed by atoms with Gasteiger partial charge in [-0.1, -0.05) is 55.8 Å². The lowest BCUT2D eigenvalue weighted by atomic mass is 9.96. The van der Waals surface area contributed by atoms with Gasteiger partial charge in [-0.3, -0.25) is 10.1 Å². The molecule has 0 radical (unpaired) electrons. The van der Waals surface area contributed by atoms with E-state index in [2.05, 4.69) is 20.3 Å². The number of halogens is 1. The largest absolute Gasteiger partial charge is 0.294 e. The maximum absolute atomic E-state index is 12.3. The van der Waals surface area contributed by atoms with Gasteiger partial charge >= 0.3 is 0 Å². The van der Waals surface area contributed by atoms with Crippen LogP contribution in [-0.4, -0.2) is 20.9 Å². The molecule has 2 heterocycles. The van der Waals surface area contributed by atoms with Crippen LogP contribution in [0.2, 0.25) is 5.02 Å². The molecule has 1 N–H and O–H groups in total. The summed E-state index contributed by atoms with van der Waals surface area (Å²) in [5.74, 6) is 0.122. The highest BCUT2D eigenvalue weighted by Gasteiger charge is 2.23. The molecule has 5 nitrogen and oxygen atoms in total. The lowest BCUT2D eigenvalue weighted by molar-refractivity contribution is -0.123. The number of aryl methyl sites for hydroxylation is 2. The Morgan fingerprint density at radius 2 is 1.88 bits per heavy atom. The first-order valence-corrected chi connectivity index (χ1v) is 9.08. The molecule has 0 bridgehead atoms. The summed E-state index contributed by atoms with van der Waals surface area (Å²) in [6, 6.07) is 5.78. The maximum Gasteiger partial charge on any atom is 0.232 e. The lowest BCUT2D eigenvalue weighted by Crippen LogP contribution is -2.28. The first kappa shape index (κ1) is 17.8. The van der Waals surface area contributed by atoms with Gasteiger partial charge in [-0.05, 0) is 25.5 Å². The summed E-state index contributed by atoms with van der Waals surface area (Å²) >= 11 is 7.89. The number of hydrogen-bond donors (Lipinski definition) is 1. The molecule has 130 valence electrons. The van der Waals surface area contributed by atoms with Crippen LogP contribution in [0.1, 0.15) is 31.3 Å². The summed E-state index contributed by atoms with van der Waals surface area (Å²) in [5, 5.41) is 4.28. The number of carbonyl (C=O) groups is 1. The number of nitrogens with zero attached hydrogens (tertiary/aromatic N) is 3. The predicted octanol–water partition coefficient (Wildman–Crippen LogP) is 5.01. The molecule has 0 aliphatic rings. The molecule has 0 aliphatic heterocycles. The summed E-state index contributed by atoms with van der Waals surface area (Å²) in [6.45, 7) is 9.42. The van der Waals surface area contributed by atoms with Crippen molar-refractivity contribution in [1.82, 2.24) is 15.0 Å². The standard InChI is InChI=1S/C18H19ClN4OS/c1-9-6-7-11(12(19)8-9)13-14-15(25-10(2)20-14)22-17(21-13)23-16(24)18(3,4)5/h6-8H,1-5H3,(H,21,22,23,24). The molecule has 0 aliphatic carbocycles. The van der Waals surface area contributed by atoms with Gasteiger partial charge in [-0.25, -0.2) is 9.97 Å². The topological polar surface area (TPSA) is 67.8 Å². The Morgan fingerprint density at radius 1 is 1.16 bits per heavy atom. The Morgan fingerprint density at radius 3 is 2.52 bits per heavy atom. The average molecular weight is 375 g/mol. The molecule has 0 saturated heterocycles. The van der Waals surface area contributed by atoms with Crippen LogP contribution >= 0.6 is 22.9 Å². The molecule has 2 aromatic heterocycles. The van der Waals surface area contributed by atoms with Crippen LogP contribution in [-0.2, 0) is 4.79 Å². The van der Waals surface area contributed by atoms with E-state index in [4.69, 9.17) is 11.6 Å². The molecular formula is C18H19ClN4OS. The number of thiazole rings is 1. The van der Waals surface area contributed by atoms with Gasteiger partial charge in [0.2, 0.25) is 11.9 Å². The molecule has 3 rings (SSSR count). The number of carbonyl (C=O) groups excluding carboxylic acids is 1. The van der Waals surface area contributed by atoms with Gasteiger partial charge in [-0.2, -0.15) is 4.98 Å². The summed E-state index contributed by atoms with van der Waals surface area (Å²) in [5.41, 5.74) is 2.63. The fourth-order valence-electron chi connectivity index (χ4n) is 2.27. The third-order valence-electron chi connectivity index (χ3n) is 3.65. The summed E-state index contributed by atoms with van der Waals surface area (Å²) in [7, 11) is 0. The highest BCUT2D eigenvalue weighted by Crippen LogP contribution is 2.34. The van der Waals surface area contributed by atoms with Gasteiger partial charge in [0.25, 0.3) is 0 Å². The monoisotopic (exact) mass is 374 g/mol. The maximum atomic E-state index is 12.3. The summed E-state index contributed by atoms with van der Waals surface area (Å²) < 4.78 is 0. The van der Waals surface area contributed by atoms with Crippen LogP contribution < -0.4 is 5.32 Å². The van der Waals surface area contributed by atoms with Gasteiger partial charge in [0.15, 0.2) is 0 Å². The minimum absolute atomic E-state index is 0.144.